The Balaban J connectivity index is -0.0000000933. The fourth-order valence-corrected chi connectivity index (χ4v) is 0.714. The second kappa shape index (κ2) is 14.1. The Hall–Kier alpha value is 0.487. The van der Waals surface area contributed by atoms with Gasteiger partial charge in [-0.3, -0.25) is 18.0 Å². The van der Waals surface area contributed by atoms with Gasteiger partial charge in [0.25, 0.3) is 0 Å². The molecule has 0 atom stereocenters. The van der Waals surface area contributed by atoms with Crippen molar-refractivity contribution in [2.24, 2.45) is 0 Å². The molecule has 0 aliphatic carbocycles. The van der Waals surface area contributed by atoms with Crippen molar-refractivity contribution in [2.75, 3.05) is 0 Å². The minimum atomic E-state index is -5.17. The molecular formula is C6H8NaO11SZn2-. The fourth-order valence-electron chi connectivity index (χ4n) is 0.714. The van der Waals surface area contributed by atoms with E-state index in [1.807, 2.05) is 0 Å². The molecule has 0 radical (unpaired) electrons. The summed E-state index contributed by atoms with van der Waals surface area (Å²) >= 11 is 0. The van der Waals surface area contributed by atoms with E-state index in [0.29, 0.717) is 0 Å². The maximum atomic E-state index is 10.3. The van der Waals surface area contributed by atoms with Crippen molar-refractivity contribution < 1.29 is 121 Å². The monoisotopic (exact) mass is 439 g/mol. The van der Waals surface area contributed by atoms with Crippen LogP contribution in [0.4, 0.5) is 0 Å². The van der Waals surface area contributed by atoms with Crippen LogP contribution in [0.25, 0.3) is 0 Å². The molecule has 21 heavy (non-hydrogen) atoms. The normalized spacial score (nSPS) is 9.48. The van der Waals surface area contributed by atoms with Gasteiger partial charge in [-0.1, -0.05) is 0 Å². The van der Waals surface area contributed by atoms with E-state index in [1.165, 1.54) is 0 Å². The van der Waals surface area contributed by atoms with Crippen molar-refractivity contribution in [3.8, 4) is 0 Å². The first-order valence-corrected chi connectivity index (χ1v) is 5.17. The van der Waals surface area contributed by atoms with Crippen molar-refractivity contribution >= 4 is 28.3 Å². The van der Waals surface area contributed by atoms with Crippen LogP contribution >= 0.6 is 0 Å². The minimum absolute atomic E-state index is 0. The Morgan fingerprint density at radius 2 is 1.10 bits per heavy atom. The molecule has 0 saturated carbocycles. The van der Waals surface area contributed by atoms with E-state index >= 15 is 0 Å². The predicted octanol–water partition coefficient (Wildman–Crippen LogP) is -5.59. The van der Waals surface area contributed by atoms with Gasteiger partial charge >= 0.3 is 47.5 Å². The molecule has 0 aliphatic heterocycles. The summed E-state index contributed by atoms with van der Waals surface area (Å²) < 4.78 is 34.1. The van der Waals surface area contributed by atoms with Gasteiger partial charge in [-0.05, 0) is 0 Å². The van der Waals surface area contributed by atoms with Crippen LogP contribution in [0.15, 0.2) is 0 Å². The molecule has 0 aromatic heterocycles. The van der Waals surface area contributed by atoms with E-state index in [1.54, 1.807) is 0 Å². The Morgan fingerprint density at radius 3 is 1.19 bits per heavy atom. The van der Waals surface area contributed by atoms with E-state index in [-0.39, 0.29) is 68.5 Å². The molecule has 0 amide bonds. The summed E-state index contributed by atoms with van der Waals surface area (Å²) in [5.74, 6) is -5.02. The van der Waals surface area contributed by atoms with Crippen LogP contribution in [0.5, 0.6) is 0 Å². The molecule has 0 bridgehead atoms. The average molecular weight is 442 g/mol. The number of carbonyl (C=O) groups is 3. The van der Waals surface area contributed by atoms with Crippen LogP contribution in [0.1, 0.15) is 12.8 Å². The fraction of sp³-hybridized carbons (Fsp3) is 0.500. The van der Waals surface area contributed by atoms with Gasteiger partial charge < -0.3 is 29.5 Å². The van der Waals surface area contributed by atoms with Gasteiger partial charge in [-0.2, -0.15) is 0 Å². The van der Waals surface area contributed by atoms with Crippen LogP contribution in [-0.2, 0) is 63.7 Å². The van der Waals surface area contributed by atoms with Gasteiger partial charge in [-0.25, -0.2) is 4.79 Å². The van der Waals surface area contributed by atoms with Gasteiger partial charge in [0.05, 0.1) is 12.8 Å². The first-order valence-electron chi connectivity index (χ1n) is 3.84. The maximum Gasteiger partial charge on any atom is 1.00 e. The second-order valence-corrected chi connectivity index (χ2v) is 3.70. The Bertz CT molecular complexity index is 412. The molecule has 110 valence electrons. The number of hydrogen-bond acceptors (Lipinski definition) is 8. The molecule has 0 spiro atoms. The Morgan fingerprint density at radius 1 is 0.905 bits per heavy atom. The number of hydrogen-bond donors (Lipinski definition) is 4. The van der Waals surface area contributed by atoms with Crippen molar-refractivity contribution in [3.05, 3.63) is 0 Å². The van der Waals surface area contributed by atoms with Gasteiger partial charge in [-0.15, -0.1) is 0 Å². The van der Waals surface area contributed by atoms with Gasteiger partial charge in [0.15, 0.2) is 5.60 Å². The van der Waals surface area contributed by atoms with E-state index in [9.17, 15) is 14.4 Å². The third kappa shape index (κ3) is 25.8. The SMILES string of the molecule is O=C(O)CC(O)(CC(=O)O)C(=O)O.O=S(=O)([O-])[O-].[Na+].[Zn].[Zn]. The number of carboxylic acids is 3. The summed E-state index contributed by atoms with van der Waals surface area (Å²) in [6.07, 6.45) is -2.29. The predicted molar refractivity (Wildman–Crippen MR) is 47.6 cm³/mol. The standard InChI is InChI=1S/C6H8O7.Na.H2O4S.2Zn/c7-3(8)1-6(13,5(11)12)2-4(9)10;;1-5(2,3)4;;/h13H,1-2H2,(H,7,8)(H,9,10)(H,11,12);;(H2,1,2,3,4);;/q;+1;;;/p-2. The van der Waals surface area contributed by atoms with E-state index in [2.05, 4.69) is 0 Å². The molecule has 0 aliphatic rings. The third-order valence-corrected chi connectivity index (χ3v) is 1.29. The summed E-state index contributed by atoms with van der Waals surface area (Å²) in [5.41, 5.74) is -2.74. The zero-order valence-electron chi connectivity index (χ0n) is 10.9. The summed E-state index contributed by atoms with van der Waals surface area (Å²) in [6.45, 7) is 0. The summed E-state index contributed by atoms with van der Waals surface area (Å²) in [5, 5.41) is 33.8. The molecule has 4 N–H and O–H groups in total. The Kier molecular flexibility index (Phi) is 22.3. The van der Waals surface area contributed by atoms with E-state index < -0.39 is 46.7 Å². The number of carboxylic acid groups (broad SMARTS) is 3. The van der Waals surface area contributed by atoms with E-state index in [4.69, 9.17) is 37.9 Å². The molecule has 0 rings (SSSR count). The van der Waals surface area contributed by atoms with E-state index in [0.717, 1.165) is 0 Å². The van der Waals surface area contributed by atoms with Crippen LogP contribution in [0, 0.1) is 0 Å². The van der Waals surface area contributed by atoms with Crippen LogP contribution < -0.4 is 29.6 Å². The quantitative estimate of drug-likeness (QED) is 0.179. The molecule has 0 aromatic rings. The number of aliphatic hydroxyl groups is 1. The van der Waals surface area contributed by atoms with Crippen molar-refractivity contribution in [2.45, 2.75) is 18.4 Å². The van der Waals surface area contributed by atoms with Crippen LogP contribution in [-0.4, -0.2) is 61.5 Å². The van der Waals surface area contributed by atoms with Gasteiger partial charge in [0.1, 0.15) is 0 Å². The van der Waals surface area contributed by atoms with Crippen LogP contribution in [0.2, 0.25) is 0 Å². The summed E-state index contributed by atoms with van der Waals surface area (Å²) in [6, 6.07) is 0. The first kappa shape index (κ1) is 33.2. The molecule has 0 heterocycles. The van der Waals surface area contributed by atoms with Crippen molar-refractivity contribution in [1.82, 2.24) is 0 Å². The average Bonchev–Trinajstić information content (AvgIpc) is 1.95. The minimum Gasteiger partial charge on any atom is -0.759 e. The smallest absolute Gasteiger partial charge is 0.759 e. The number of rotatable bonds is 5. The zero-order chi connectivity index (χ0) is 15.1. The molecule has 0 fully saturated rings. The molecule has 15 heteroatoms. The largest absolute Gasteiger partial charge is 1.00 e. The topological polar surface area (TPSA) is 212 Å². The first-order chi connectivity index (χ1) is 7.78. The second-order valence-electron chi connectivity index (χ2n) is 2.89. The molecule has 11 nitrogen and oxygen atoms in total. The number of aliphatic carboxylic acids is 3. The third-order valence-electron chi connectivity index (χ3n) is 1.29. The molecule has 0 unspecified atom stereocenters. The van der Waals surface area contributed by atoms with Crippen molar-refractivity contribution in [1.29, 1.82) is 0 Å². The summed E-state index contributed by atoms with van der Waals surface area (Å²) in [7, 11) is -5.17. The molecule has 0 aromatic carbocycles. The molecular weight excluding hydrogens is 434 g/mol. The Labute approximate surface area is 166 Å². The van der Waals surface area contributed by atoms with Gasteiger partial charge in [0.2, 0.25) is 0 Å². The van der Waals surface area contributed by atoms with Gasteiger partial charge in [0, 0.05) is 49.4 Å². The van der Waals surface area contributed by atoms with Crippen molar-refractivity contribution in [3.63, 3.8) is 0 Å². The van der Waals surface area contributed by atoms with Crippen LogP contribution in [0.3, 0.4) is 0 Å². The zero-order valence-corrected chi connectivity index (χ0v) is 19.6. The molecule has 0 saturated heterocycles. The maximum absolute atomic E-state index is 10.3. The summed E-state index contributed by atoms with van der Waals surface area (Å²) in [4.78, 5) is 30.5.